The van der Waals surface area contributed by atoms with Gasteiger partial charge in [-0.15, -0.1) is 0 Å². The van der Waals surface area contributed by atoms with Crippen molar-refractivity contribution in [3.05, 3.63) is 22.7 Å². The van der Waals surface area contributed by atoms with E-state index in [1.54, 1.807) is 0 Å². The van der Waals surface area contributed by atoms with Crippen LogP contribution in [0.25, 0.3) is 0 Å². The molecule has 1 aromatic carbocycles. The van der Waals surface area contributed by atoms with Gasteiger partial charge in [0.15, 0.2) is 11.5 Å². The predicted octanol–water partition coefficient (Wildman–Crippen LogP) is 2.60. The van der Waals surface area contributed by atoms with Crippen LogP contribution in [0.1, 0.15) is 30.1 Å². The summed E-state index contributed by atoms with van der Waals surface area (Å²) in [5.74, 6) is -1.27. The highest BCUT2D eigenvalue weighted by Crippen LogP contribution is 2.36. The molecule has 1 heterocycles. The van der Waals surface area contributed by atoms with Crippen molar-refractivity contribution in [2.75, 3.05) is 33.5 Å². The van der Waals surface area contributed by atoms with Gasteiger partial charge in [-0.1, -0.05) is 11.6 Å². The van der Waals surface area contributed by atoms with Crippen LogP contribution in [-0.4, -0.2) is 50.5 Å². The van der Waals surface area contributed by atoms with Gasteiger partial charge in [0.25, 0.3) is 5.91 Å². The molecule has 1 amide bonds. The molecule has 7 nitrogen and oxygen atoms in total. The Morgan fingerprint density at radius 2 is 2.08 bits per heavy atom. The van der Waals surface area contributed by atoms with Crippen LogP contribution < -0.4 is 14.8 Å². The standard InChI is InChI=1S/C18H24ClNO6/c1-3-26-16-14(19)8-12(9-15(16)24-2)17(21)20-10-13(18(22)23)11-4-6-25-7-5-11/h8-9,11,13H,3-7,10H2,1-2H3,(H,20,21)(H,22,23). The summed E-state index contributed by atoms with van der Waals surface area (Å²) < 4.78 is 15.9. The van der Waals surface area contributed by atoms with Gasteiger partial charge < -0.3 is 24.6 Å². The number of benzene rings is 1. The van der Waals surface area contributed by atoms with Gasteiger partial charge in [0.2, 0.25) is 0 Å². The minimum Gasteiger partial charge on any atom is -0.493 e. The molecular weight excluding hydrogens is 362 g/mol. The number of ether oxygens (including phenoxy) is 3. The van der Waals surface area contributed by atoms with Gasteiger partial charge in [-0.05, 0) is 37.8 Å². The van der Waals surface area contributed by atoms with Crippen LogP contribution in [0.3, 0.4) is 0 Å². The smallest absolute Gasteiger partial charge is 0.308 e. The van der Waals surface area contributed by atoms with Crippen LogP contribution in [0.2, 0.25) is 5.02 Å². The molecule has 0 aromatic heterocycles. The van der Waals surface area contributed by atoms with Crippen LogP contribution in [0.4, 0.5) is 0 Å². The first-order valence-corrected chi connectivity index (χ1v) is 8.94. The minimum atomic E-state index is -0.917. The minimum absolute atomic E-state index is 0.0139. The molecule has 0 bridgehead atoms. The largest absolute Gasteiger partial charge is 0.493 e. The number of carbonyl (C=O) groups is 2. The van der Waals surface area contributed by atoms with Gasteiger partial charge in [-0.25, -0.2) is 0 Å². The van der Waals surface area contributed by atoms with E-state index < -0.39 is 17.8 Å². The zero-order chi connectivity index (χ0) is 19.1. The SMILES string of the molecule is CCOc1c(Cl)cc(C(=O)NCC(C(=O)O)C2CCOCC2)cc1OC. The molecule has 1 aromatic rings. The van der Waals surface area contributed by atoms with Crippen LogP contribution in [-0.2, 0) is 9.53 Å². The summed E-state index contributed by atoms with van der Waals surface area (Å²) in [6, 6.07) is 3.01. The second kappa shape index (κ2) is 9.64. The van der Waals surface area contributed by atoms with E-state index in [1.165, 1.54) is 19.2 Å². The van der Waals surface area contributed by atoms with Gasteiger partial charge >= 0.3 is 5.97 Å². The van der Waals surface area contributed by atoms with Gasteiger partial charge in [0.1, 0.15) is 0 Å². The molecule has 0 spiro atoms. The van der Waals surface area contributed by atoms with Crippen LogP contribution >= 0.6 is 11.6 Å². The Labute approximate surface area is 157 Å². The van der Waals surface area contributed by atoms with Crippen molar-refractivity contribution in [2.24, 2.45) is 11.8 Å². The van der Waals surface area contributed by atoms with Crippen LogP contribution in [0.5, 0.6) is 11.5 Å². The summed E-state index contributed by atoms with van der Waals surface area (Å²) in [6.07, 6.45) is 1.35. The number of aliphatic carboxylic acids is 1. The first-order chi connectivity index (χ1) is 12.5. The lowest BCUT2D eigenvalue weighted by atomic mass is 9.86. The Balaban J connectivity index is 2.08. The molecule has 2 N–H and O–H groups in total. The summed E-state index contributed by atoms with van der Waals surface area (Å²) in [5, 5.41) is 12.4. The van der Waals surface area contributed by atoms with E-state index >= 15 is 0 Å². The first-order valence-electron chi connectivity index (χ1n) is 8.57. The summed E-state index contributed by atoms with van der Waals surface area (Å²) in [5.41, 5.74) is 0.284. The van der Waals surface area contributed by atoms with Crippen molar-refractivity contribution in [2.45, 2.75) is 19.8 Å². The normalized spacial score (nSPS) is 16.0. The maximum atomic E-state index is 12.5. The van der Waals surface area contributed by atoms with Crippen molar-refractivity contribution in [3.63, 3.8) is 0 Å². The third kappa shape index (κ3) is 5.02. The average molecular weight is 386 g/mol. The topological polar surface area (TPSA) is 94.1 Å². The number of carbonyl (C=O) groups excluding carboxylic acids is 1. The molecule has 1 aliphatic rings. The van der Waals surface area contributed by atoms with Crippen molar-refractivity contribution >= 4 is 23.5 Å². The van der Waals surface area contributed by atoms with Crippen molar-refractivity contribution < 1.29 is 28.9 Å². The van der Waals surface area contributed by atoms with Crippen molar-refractivity contribution in [3.8, 4) is 11.5 Å². The maximum absolute atomic E-state index is 12.5. The van der Waals surface area contributed by atoms with E-state index in [1.807, 2.05) is 6.92 Å². The maximum Gasteiger partial charge on any atom is 0.308 e. The first kappa shape index (κ1) is 20.3. The van der Waals surface area contributed by atoms with E-state index in [9.17, 15) is 14.7 Å². The summed E-state index contributed by atoms with van der Waals surface area (Å²) in [4.78, 5) is 24.0. The molecule has 0 saturated carbocycles. The van der Waals surface area contributed by atoms with Gasteiger partial charge in [-0.3, -0.25) is 9.59 Å². The summed E-state index contributed by atoms with van der Waals surface area (Å²) in [7, 11) is 1.46. The molecule has 1 aliphatic heterocycles. The van der Waals surface area contributed by atoms with E-state index in [-0.39, 0.29) is 23.0 Å². The van der Waals surface area contributed by atoms with Crippen molar-refractivity contribution in [1.82, 2.24) is 5.32 Å². The second-order valence-electron chi connectivity index (χ2n) is 6.03. The lowest BCUT2D eigenvalue weighted by Gasteiger charge is -2.27. The molecule has 0 aliphatic carbocycles. The molecule has 8 heteroatoms. The number of carboxylic acids is 1. The lowest BCUT2D eigenvalue weighted by Crippen LogP contribution is -2.39. The fraction of sp³-hybridized carbons (Fsp3) is 0.556. The molecule has 1 unspecified atom stereocenters. The number of rotatable bonds is 8. The average Bonchev–Trinajstić information content (AvgIpc) is 2.63. The number of hydrogen-bond donors (Lipinski definition) is 2. The van der Waals surface area contributed by atoms with Gasteiger partial charge in [-0.2, -0.15) is 0 Å². The van der Waals surface area contributed by atoms with E-state index in [4.69, 9.17) is 25.8 Å². The molecule has 1 atom stereocenters. The molecular formula is C18H24ClNO6. The Morgan fingerprint density at radius 1 is 1.38 bits per heavy atom. The van der Waals surface area contributed by atoms with Gasteiger partial charge in [0, 0.05) is 25.3 Å². The predicted molar refractivity (Wildman–Crippen MR) is 96.2 cm³/mol. The third-order valence-electron chi connectivity index (χ3n) is 4.42. The highest BCUT2D eigenvalue weighted by molar-refractivity contribution is 6.32. The van der Waals surface area contributed by atoms with E-state index in [0.717, 1.165) is 0 Å². The zero-order valence-corrected chi connectivity index (χ0v) is 15.7. The van der Waals surface area contributed by atoms with E-state index in [0.29, 0.717) is 44.2 Å². The Bertz CT molecular complexity index is 645. The number of halogens is 1. The Morgan fingerprint density at radius 3 is 2.65 bits per heavy atom. The van der Waals surface area contributed by atoms with Crippen LogP contribution in [0, 0.1) is 11.8 Å². The van der Waals surface area contributed by atoms with E-state index in [2.05, 4.69) is 5.32 Å². The molecule has 1 saturated heterocycles. The molecule has 0 radical (unpaired) electrons. The Hall–Kier alpha value is -1.99. The molecule has 144 valence electrons. The fourth-order valence-electron chi connectivity index (χ4n) is 3.01. The monoisotopic (exact) mass is 385 g/mol. The highest BCUT2D eigenvalue weighted by atomic mass is 35.5. The number of nitrogens with one attached hydrogen (secondary N) is 1. The number of carboxylic acid groups (broad SMARTS) is 1. The van der Waals surface area contributed by atoms with Gasteiger partial charge in [0.05, 0.1) is 24.7 Å². The summed E-state index contributed by atoms with van der Waals surface area (Å²) in [6.45, 7) is 3.37. The number of methoxy groups -OCH3 is 1. The Kier molecular flexibility index (Phi) is 7.53. The molecule has 2 rings (SSSR count). The van der Waals surface area contributed by atoms with Crippen molar-refractivity contribution in [1.29, 1.82) is 0 Å². The quantitative estimate of drug-likeness (QED) is 0.714. The molecule has 1 fully saturated rings. The highest BCUT2D eigenvalue weighted by Gasteiger charge is 2.30. The third-order valence-corrected chi connectivity index (χ3v) is 4.70. The lowest BCUT2D eigenvalue weighted by molar-refractivity contribution is -0.144. The summed E-state index contributed by atoms with van der Waals surface area (Å²) >= 11 is 6.18. The van der Waals surface area contributed by atoms with Crippen LogP contribution in [0.15, 0.2) is 12.1 Å². The second-order valence-corrected chi connectivity index (χ2v) is 6.43. The number of hydrogen-bond acceptors (Lipinski definition) is 5. The number of amides is 1. The fourth-order valence-corrected chi connectivity index (χ4v) is 3.28. The molecule has 26 heavy (non-hydrogen) atoms. The zero-order valence-electron chi connectivity index (χ0n) is 14.9.